The van der Waals surface area contributed by atoms with Gasteiger partial charge in [-0.15, -0.1) is 0 Å². The summed E-state index contributed by atoms with van der Waals surface area (Å²) in [5.74, 6) is 1.30. The standard InChI is InChI=1S/C9H10N4O2/c10-7-2-1-6(5-11-7)9-12-8(3-4-14)13-15-9/h1-2,5,14H,3-4H2,(H2,10,11). The van der Waals surface area contributed by atoms with Gasteiger partial charge in [-0.25, -0.2) is 4.98 Å². The summed E-state index contributed by atoms with van der Waals surface area (Å²) in [7, 11) is 0. The molecule has 6 nitrogen and oxygen atoms in total. The van der Waals surface area contributed by atoms with Crippen LogP contribution >= 0.6 is 0 Å². The minimum absolute atomic E-state index is 0.00103. The number of pyridine rings is 1. The van der Waals surface area contributed by atoms with Crippen LogP contribution < -0.4 is 5.73 Å². The molecular formula is C9H10N4O2. The van der Waals surface area contributed by atoms with Crippen molar-refractivity contribution in [3.63, 3.8) is 0 Å². The summed E-state index contributed by atoms with van der Waals surface area (Å²) >= 11 is 0. The highest BCUT2D eigenvalue weighted by Crippen LogP contribution is 2.16. The highest BCUT2D eigenvalue weighted by molar-refractivity contribution is 5.53. The fourth-order valence-corrected chi connectivity index (χ4v) is 1.10. The molecule has 0 saturated carbocycles. The van der Waals surface area contributed by atoms with Gasteiger partial charge in [0.1, 0.15) is 5.82 Å². The second kappa shape index (κ2) is 4.05. The van der Waals surface area contributed by atoms with E-state index in [1.807, 2.05) is 0 Å². The highest BCUT2D eigenvalue weighted by atomic mass is 16.5. The van der Waals surface area contributed by atoms with Crippen LogP contribution in [0, 0.1) is 0 Å². The van der Waals surface area contributed by atoms with E-state index in [0.29, 0.717) is 29.5 Å². The Balaban J connectivity index is 2.25. The maximum atomic E-state index is 8.69. The van der Waals surface area contributed by atoms with Crippen LogP contribution in [0.25, 0.3) is 11.5 Å². The average molecular weight is 206 g/mol. The molecule has 2 heterocycles. The van der Waals surface area contributed by atoms with Crippen LogP contribution in [0.3, 0.4) is 0 Å². The molecule has 0 saturated heterocycles. The Morgan fingerprint density at radius 2 is 2.27 bits per heavy atom. The predicted molar refractivity (Wildman–Crippen MR) is 52.7 cm³/mol. The lowest BCUT2D eigenvalue weighted by Gasteiger charge is -1.93. The largest absolute Gasteiger partial charge is 0.396 e. The normalized spacial score (nSPS) is 10.5. The molecule has 0 fully saturated rings. The fourth-order valence-electron chi connectivity index (χ4n) is 1.10. The highest BCUT2D eigenvalue weighted by Gasteiger charge is 2.08. The van der Waals surface area contributed by atoms with Crippen LogP contribution in [0.15, 0.2) is 22.9 Å². The number of nitrogen functional groups attached to an aromatic ring is 1. The van der Waals surface area contributed by atoms with Gasteiger partial charge >= 0.3 is 0 Å². The lowest BCUT2D eigenvalue weighted by molar-refractivity contribution is 0.293. The molecular weight excluding hydrogens is 196 g/mol. The maximum Gasteiger partial charge on any atom is 0.259 e. The summed E-state index contributed by atoms with van der Waals surface area (Å²) in [6, 6.07) is 3.41. The van der Waals surface area contributed by atoms with Crippen molar-refractivity contribution >= 4 is 5.82 Å². The lowest BCUT2D eigenvalue weighted by Crippen LogP contribution is -1.92. The number of nitrogens with zero attached hydrogens (tertiary/aromatic N) is 3. The number of aliphatic hydroxyl groups is 1. The van der Waals surface area contributed by atoms with Gasteiger partial charge in [-0.3, -0.25) is 0 Å². The molecule has 15 heavy (non-hydrogen) atoms. The van der Waals surface area contributed by atoms with Gasteiger partial charge in [0.05, 0.1) is 12.2 Å². The molecule has 2 rings (SSSR count). The van der Waals surface area contributed by atoms with E-state index in [0.717, 1.165) is 0 Å². The number of aliphatic hydroxyl groups excluding tert-OH is 1. The SMILES string of the molecule is Nc1ccc(-c2nc(CCO)no2)cn1. The lowest BCUT2D eigenvalue weighted by atomic mass is 10.3. The van der Waals surface area contributed by atoms with Crippen LogP contribution in [0.2, 0.25) is 0 Å². The Kier molecular flexibility index (Phi) is 2.59. The summed E-state index contributed by atoms with van der Waals surface area (Å²) in [5.41, 5.74) is 6.16. The monoisotopic (exact) mass is 206 g/mol. The van der Waals surface area contributed by atoms with Gasteiger partial charge in [-0.1, -0.05) is 5.16 Å². The zero-order valence-corrected chi connectivity index (χ0v) is 7.92. The minimum atomic E-state index is -0.00103. The quantitative estimate of drug-likeness (QED) is 0.746. The minimum Gasteiger partial charge on any atom is -0.396 e. The van der Waals surface area contributed by atoms with E-state index in [4.69, 9.17) is 15.4 Å². The van der Waals surface area contributed by atoms with Crippen molar-refractivity contribution in [2.75, 3.05) is 12.3 Å². The van der Waals surface area contributed by atoms with Gasteiger partial charge in [-0.2, -0.15) is 4.98 Å². The molecule has 6 heteroatoms. The number of hydrogen-bond acceptors (Lipinski definition) is 6. The van der Waals surface area contributed by atoms with E-state index in [9.17, 15) is 0 Å². The van der Waals surface area contributed by atoms with Crippen LogP contribution in [-0.4, -0.2) is 26.8 Å². The molecule has 0 radical (unpaired) electrons. The molecule has 0 amide bonds. The number of nitrogens with two attached hydrogens (primary N) is 1. The van der Waals surface area contributed by atoms with E-state index >= 15 is 0 Å². The second-order valence-electron chi connectivity index (χ2n) is 2.96. The Morgan fingerprint density at radius 1 is 1.40 bits per heavy atom. The maximum absolute atomic E-state index is 8.69. The van der Waals surface area contributed by atoms with Gasteiger partial charge < -0.3 is 15.4 Å². The van der Waals surface area contributed by atoms with Crippen LogP contribution in [0.1, 0.15) is 5.82 Å². The summed E-state index contributed by atoms with van der Waals surface area (Å²) in [4.78, 5) is 7.99. The van der Waals surface area contributed by atoms with Crippen molar-refractivity contribution in [1.82, 2.24) is 15.1 Å². The van der Waals surface area contributed by atoms with E-state index < -0.39 is 0 Å². The third-order valence-electron chi connectivity index (χ3n) is 1.84. The first-order chi connectivity index (χ1) is 7.29. The Hall–Kier alpha value is -1.95. The second-order valence-corrected chi connectivity index (χ2v) is 2.96. The molecule has 0 spiro atoms. The smallest absolute Gasteiger partial charge is 0.259 e. The summed E-state index contributed by atoms with van der Waals surface area (Å²) in [6.45, 7) is -0.00103. The predicted octanol–water partition coefficient (Wildman–Crippen LogP) is 0.249. The molecule has 78 valence electrons. The molecule has 0 aliphatic carbocycles. The molecule has 0 unspecified atom stereocenters. The van der Waals surface area contributed by atoms with Gasteiger partial charge in [0.25, 0.3) is 5.89 Å². The Morgan fingerprint density at radius 3 is 2.93 bits per heavy atom. The van der Waals surface area contributed by atoms with Gasteiger partial charge in [0.2, 0.25) is 0 Å². The molecule has 0 aromatic carbocycles. The van der Waals surface area contributed by atoms with Crippen LogP contribution in [0.5, 0.6) is 0 Å². The zero-order chi connectivity index (χ0) is 10.7. The van der Waals surface area contributed by atoms with E-state index in [2.05, 4.69) is 15.1 Å². The molecule has 2 aromatic rings. The van der Waals surface area contributed by atoms with Crippen LogP contribution in [0.4, 0.5) is 5.82 Å². The van der Waals surface area contributed by atoms with E-state index in [-0.39, 0.29) is 6.61 Å². The van der Waals surface area contributed by atoms with Crippen molar-refractivity contribution < 1.29 is 9.63 Å². The summed E-state index contributed by atoms with van der Waals surface area (Å²) in [6.07, 6.45) is 1.94. The van der Waals surface area contributed by atoms with E-state index in [1.165, 1.54) is 0 Å². The van der Waals surface area contributed by atoms with Gasteiger partial charge in [0.15, 0.2) is 5.82 Å². The average Bonchev–Trinajstić information content (AvgIpc) is 2.68. The first-order valence-electron chi connectivity index (χ1n) is 4.45. The molecule has 0 bridgehead atoms. The molecule has 2 aromatic heterocycles. The zero-order valence-electron chi connectivity index (χ0n) is 7.92. The third-order valence-corrected chi connectivity index (χ3v) is 1.84. The molecule has 0 aliphatic rings. The number of anilines is 1. The number of rotatable bonds is 3. The van der Waals surface area contributed by atoms with Crippen molar-refractivity contribution in [1.29, 1.82) is 0 Å². The first kappa shape index (κ1) is 9.60. The number of hydrogen-bond donors (Lipinski definition) is 2. The van der Waals surface area contributed by atoms with Crippen LogP contribution in [-0.2, 0) is 6.42 Å². The number of aromatic nitrogens is 3. The van der Waals surface area contributed by atoms with Crippen molar-refractivity contribution in [3.05, 3.63) is 24.2 Å². The van der Waals surface area contributed by atoms with Crippen molar-refractivity contribution in [2.45, 2.75) is 6.42 Å². The summed E-state index contributed by atoms with van der Waals surface area (Å²) < 4.78 is 4.99. The Bertz CT molecular complexity index is 438. The molecule has 3 N–H and O–H groups in total. The first-order valence-corrected chi connectivity index (χ1v) is 4.45. The fraction of sp³-hybridized carbons (Fsp3) is 0.222. The topological polar surface area (TPSA) is 98.1 Å². The summed E-state index contributed by atoms with van der Waals surface area (Å²) in [5, 5.41) is 12.4. The molecule has 0 atom stereocenters. The van der Waals surface area contributed by atoms with Gasteiger partial charge in [0, 0.05) is 12.6 Å². The van der Waals surface area contributed by atoms with Crippen molar-refractivity contribution in [2.24, 2.45) is 0 Å². The van der Waals surface area contributed by atoms with E-state index in [1.54, 1.807) is 18.3 Å². The van der Waals surface area contributed by atoms with Crippen molar-refractivity contribution in [3.8, 4) is 11.5 Å². The van der Waals surface area contributed by atoms with Gasteiger partial charge in [-0.05, 0) is 12.1 Å². The molecule has 0 aliphatic heterocycles. The Labute approximate surface area is 85.8 Å². The third kappa shape index (κ3) is 2.10.